The first kappa shape index (κ1) is 17.3. The minimum atomic E-state index is -0.783. The van der Waals surface area contributed by atoms with Crippen LogP contribution in [0.5, 0.6) is 0 Å². The first-order chi connectivity index (χ1) is 12.2. The molecule has 3 atom stereocenters. The molecule has 0 bridgehead atoms. The fraction of sp³-hybridized carbons (Fsp3) is 0.318. The van der Waals surface area contributed by atoms with Crippen LogP contribution in [0.3, 0.4) is 0 Å². The molecule has 0 unspecified atom stereocenters. The Morgan fingerprint density at radius 1 is 1.12 bits per heavy atom. The molecule has 3 nitrogen and oxygen atoms in total. The minimum absolute atomic E-state index is 0.0865. The second-order valence-corrected chi connectivity index (χ2v) is 6.35. The van der Waals surface area contributed by atoms with Crippen LogP contribution in [0, 0.1) is 17.8 Å². The number of carboxylic acid groups (broad SMARTS) is 1. The van der Waals surface area contributed by atoms with Crippen molar-refractivity contribution >= 4 is 5.97 Å². The third-order valence-electron chi connectivity index (χ3n) is 4.64. The summed E-state index contributed by atoms with van der Waals surface area (Å²) in [5.74, 6) is 5.64. The largest absolute Gasteiger partial charge is 0.481 e. The lowest BCUT2D eigenvalue weighted by Crippen LogP contribution is -2.33. The number of hydrogen-bond acceptors (Lipinski definition) is 2. The molecule has 1 fully saturated rings. The van der Waals surface area contributed by atoms with E-state index in [0.29, 0.717) is 6.61 Å². The summed E-state index contributed by atoms with van der Waals surface area (Å²) in [5.41, 5.74) is 2.00. The van der Waals surface area contributed by atoms with E-state index in [1.54, 1.807) is 0 Å². The number of rotatable bonds is 4. The monoisotopic (exact) mass is 334 g/mol. The summed E-state index contributed by atoms with van der Waals surface area (Å²) in [6.45, 7) is 0.680. The van der Waals surface area contributed by atoms with Gasteiger partial charge in [0.25, 0.3) is 0 Å². The van der Waals surface area contributed by atoms with Crippen LogP contribution in [0.4, 0.5) is 0 Å². The number of ether oxygens (including phenoxy) is 1. The molecule has 0 spiro atoms. The van der Waals surface area contributed by atoms with Gasteiger partial charge in [-0.05, 0) is 30.5 Å². The standard InChI is InChI=1S/C22H22O3/c23-22(24)16-20(18-10-5-2-6-11-18)19-12-7-15-25-21(19)14-13-17-8-3-1-4-9-17/h1-6,8-11,19-21H,7,12,15-16H2,(H,23,24)/t19-,20+,21+/m1/s1. The van der Waals surface area contributed by atoms with E-state index in [9.17, 15) is 9.90 Å². The number of carboxylic acids is 1. The van der Waals surface area contributed by atoms with Crippen LogP contribution < -0.4 is 0 Å². The summed E-state index contributed by atoms with van der Waals surface area (Å²) in [7, 11) is 0. The van der Waals surface area contributed by atoms with Gasteiger partial charge in [-0.25, -0.2) is 0 Å². The maximum absolute atomic E-state index is 11.4. The lowest BCUT2D eigenvalue weighted by atomic mass is 9.77. The van der Waals surface area contributed by atoms with E-state index in [1.165, 1.54) is 0 Å². The van der Waals surface area contributed by atoms with Crippen molar-refractivity contribution in [2.75, 3.05) is 6.61 Å². The zero-order valence-corrected chi connectivity index (χ0v) is 14.1. The molecule has 3 rings (SSSR count). The van der Waals surface area contributed by atoms with E-state index in [-0.39, 0.29) is 24.4 Å². The average Bonchev–Trinajstić information content (AvgIpc) is 2.66. The van der Waals surface area contributed by atoms with Crippen molar-refractivity contribution in [3.63, 3.8) is 0 Å². The Kier molecular flexibility index (Phi) is 5.87. The van der Waals surface area contributed by atoms with Gasteiger partial charge in [-0.15, -0.1) is 0 Å². The van der Waals surface area contributed by atoms with E-state index < -0.39 is 5.97 Å². The van der Waals surface area contributed by atoms with Gasteiger partial charge in [-0.1, -0.05) is 60.4 Å². The molecule has 25 heavy (non-hydrogen) atoms. The van der Waals surface area contributed by atoms with Crippen molar-refractivity contribution in [3.8, 4) is 11.8 Å². The average molecular weight is 334 g/mol. The highest BCUT2D eigenvalue weighted by Gasteiger charge is 2.34. The van der Waals surface area contributed by atoms with Gasteiger partial charge in [0, 0.05) is 24.0 Å². The van der Waals surface area contributed by atoms with Crippen LogP contribution in [0.25, 0.3) is 0 Å². The predicted octanol–water partition coefficient (Wildman–Crippen LogP) is 4.09. The quantitative estimate of drug-likeness (QED) is 0.857. The van der Waals surface area contributed by atoms with Crippen LogP contribution in [0.2, 0.25) is 0 Å². The molecular weight excluding hydrogens is 312 g/mol. The molecule has 0 aromatic heterocycles. The van der Waals surface area contributed by atoms with Gasteiger partial charge in [-0.2, -0.15) is 0 Å². The predicted molar refractivity (Wildman–Crippen MR) is 97.2 cm³/mol. The molecule has 3 heteroatoms. The highest BCUT2D eigenvalue weighted by molar-refractivity contribution is 5.68. The number of hydrogen-bond donors (Lipinski definition) is 1. The van der Waals surface area contributed by atoms with Gasteiger partial charge in [0.15, 0.2) is 0 Å². The van der Waals surface area contributed by atoms with E-state index in [2.05, 4.69) is 11.8 Å². The molecule has 1 saturated heterocycles. The van der Waals surface area contributed by atoms with Crippen molar-refractivity contribution in [1.29, 1.82) is 0 Å². The second kappa shape index (κ2) is 8.50. The maximum Gasteiger partial charge on any atom is 0.303 e. The highest BCUT2D eigenvalue weighted by atomic mass is 16.5. The Balaban J connectivity index is 1.87. The molecule has 1 aliphatic rings. The second-order valence-electron chi connectivity index (χ2n) is 6.35. The van der Waals surface area contributed by atoms with Gasteiger partial charge in [0.05, 0.1) is 6.42 Å². The number of carbonyl (C=O) groups is 1. The van der Waals surface area contributed by atoms with Crippen molar-refractivity contribution in [2.24, 2.45) is 5.92 Å². The summed E-state index contributed by atoms with van der Waals surface area (Å²) >= 11 is 0. The first-order valence-corrected chi connectivity index (χ1v) is 8.69. The Bertz CT molecular complexity index is 743. The highest BCUT2D eigenvalue weighted by Crippen LogP contribution is 2.37. The molecular formula is C22H22O3. The summed E-state index contributed by atoms with van der Waals surface area (Å²) in [5, 5.41) is 9.39. The van der Waals surface area contributed by atoms with Crippen LogP contribution >= 0.6 is 0 Å². The molecule has 128 valence electrons. The fourth-order valence-corrected chi connectivity index (χ4v) is 3.45. The van der Waals surface area contributed by atoms with Gasteiger partial charge in [0.2, 0.25) is 0 Å². The third-order valence-corrected chi connectivity index (χ3v) is 4.64. The Morgan fingerprint density at radius 2 is 1.80 bits per heavy atom. The van der Waals surface area contributed by atoms with Crippen LogP contribution in [-0.4, -0.2) is 23.8 Å². The van der Waals surface area contributed by atoms with Gasteiger partial charge in [0.1, 0.15) is 6.10 Å². The smallest absolute Gasteiger partial charge is 0.303 e. The SMILES string of the molecule is O=C(O)C[C@@H](c1ccccc1)[C@H]1CCCO[C@H]1C#Cc1ccccc1. The van der Waals surface area contributed by atoms with E-state index >= 15 is 0 Å². The van der Waals surface area contributed by atoms with Crippen molar-refractivity contribution in [1.82, 2.24) is 0 Å². The van der Waals surface area contributed by atoms with E-state index in [1.807, 2.05) is 60.7 Å². The van der Waals surface area contributed by atoms with Gasteiger partial charge >= 0.3 is 5.97 Å². The molecule has 1 heterocycles. The maximum atomic E-state index is 11.4. The van der Waals surface area contributed by atoms with Crippen molar-refractivity contribution < 1.29 is 14.6 Å². The van der Waals surface area contributed by atoms with Crippen LogP contribution in [-0.2, 0) is 9.53 Å². The van der Waals surface area contributed by atoms with Gasteiger partial charge in [-0.3, -0.25) is 4.79 Å². The number of benzene rings is 2. The van der Waals surface area contributed by atoms with Gasteiger partial charge < -0.3 is 9.84 Å². The first-order valence-electron chi connectivity index (χ1n) is 8.69. The molecule has 2 aromatic carbocycles. The van der Waals surface area contributed by atoms with E-state index in [0.717, 1.165) is 24.0 Å². The molecule has 1 N–H and O–H groups in total. The fourth-order valence-electron chi connectivity index (χ4n) is 3.45. The molecule has 0 radical (unpaired) electrons. The van der Waals surface area contributed by atoms with Crippen molar-refractivity contribution in [2.45, 2.75) is 31.3 Å². The molecule has 0 aliphatic carbocycles. The Morgan fingerprint density at radius 3 is 2.48 bits per heavy atom. The summed E-state index contributed by atoms with van der Waals surface area (Å²) in [6.07, 6.45) is 1.73. The zero-order chi connectivity index (χ0) is 17.5. The van der Waals surface area contributed by atoms with Crippen LogP contribution in [0.15, 0.2) is 60.7 Å². The topological polar surface area (TPSA) is 46.5 Å². The number of aliphatic carboxylic acids is 1. The summed E-state index contributed by atoms with van der Waals surface area (Å²) in [4.78, 5) is 11.4. The molecule has 2 aromatic rings. The normalized spacial score (nSPS) is 21.0. The minimum Gasteiger partial charge on any atom is -0.481 e. The van der Waals surface area contributed by atoms with Crippen molar-refractivity contribution in [3.05, 3.63) is 71.8 Å². The molecule has 0 saturated carbocycles. The molecule has 0 amide bonds. The Hall–Kier alpha value is -2.57. The summed E-state index contributed by atoms with van der Waals surface area (Å²) in [6, 6.07) is 19.7. The van der Waals surface area contributed by atoms with E-state index in [4.69, 9.17) is 4.74 Å². The Labute approximate surface area is 148 Å². The zero-order valence-electron chi connectivity index (χ0n) is 14.1. The lowest BCUT2D eigenvalue weighted by Gasteiger charge is -2.34. The lowest BCUT2D eigenvalue weighted by molar-refractivity contribution is -0.138. The molecule has 1 aliphatic heterocycles. The third kappa shape index (κ3) is 4.71. The summed E-state index contributed by atoms with van der Waals surface area (Å²) < 4.78 is 5.93. The van der Waals surface area contributed by atoms with Crippen LogP contribution in [0.1, 0.15) is 36.3 Å².